The van der Waals surface area contributed by atoms with Crippen LogP contribution in [0.2, 0.25) is 0 Å². The minimum atomic E-state index is -4.03. The number of nitrogens with zero attached hydrogens (tertiary/aromatic N) is 4. The van der Waals surface area contributed by atoms with E-state index in [1.807, 2.05) is 16.8 Å². The van der Waals surface area contributed by atoms with Crippen molar-refractivity contribution in [3.05, 3.63) is 48.4 Å². The predicted octanol–water partition coefficient (Wildman–Crippen LogP) is 0.621. The molecule has 14 heteroatoms. The molecule has 0 aliphatic carbocycles. The van der Waals surface area contributed by atoms with Crippen molar-refractivity contribution in [3.8, 4) is 0 Å². The molecule has 38 heavy (non-hydrogen) atoms. The lowest BCUT2D eigenvalue weighted by Crippen LogP contribution is -2.45. The smallest absolute Gasteiger partial charge is 0.323 e. The van der Waals surface area contributed by atoms with Gasteiger partial charge in [-0.2, -0.15) is 4.72 Å². The third-order valence-corrected chi connectivity index (χ3v) is 7.42. The van der Waals surface area contributed by atoms with Gasteiger partial charge >= 0.3 is 5.97 Å². The number of anilines is 1. The molecule has 204 valence electrons. The third-order valence-electron chi connectivity index (χ3n) is 5.93. The maximum Gasteiger partial charge on any atom is 0.323 e. The summed E-state index contributed by atoms with van der Waals surface area (Å²) in [5, 5.41) is 29.6. The fourth-order valence-corrected chi connectivity index (χ4v) is 5.25. The highest BCUT2D eigenvalue weighted by atomic mass is 32.2. The summed E-state index contributed by atoms with van der Waals surface area (Å²) < 4.78 is 29.4. The second-order valence-electron chi connectivity index (χ2n) is 8.88. The van der Waals surface area contributed by atoms with E-state index >= 15 is 0 Å². The first kappa shape index (κ1) is 27.3. The van der Waals surface area contributed by atoms with Crippen LogP contribution in [0.5, 0.6) is 0 Å². The lowest BCUT2D eigenvalue weighted by molar-refractivity contribution is -0.138. The molecule has 0 amide bonds. The highest BCUT2D eigenvalue weighted by Crippen LogP contribution is 2.22. The number of carboxylic acids is 1. The number of guanidine groups is 1. The van der Waals surface area contributed by atoms with Crippen LogP contribution in [0.25, 0.3) is 11.0 Å². The first-order valence-corrected chi connectivity index (χ1v) is 13.8. The Morgan fingerprint density at radius 2 is 2.00 bits per heavy atom. The number of aliphatic hydroxyl groups is 1. The van der Waals surface area contributed by atoms with Gasteiger partial charge in [-0.25, -0.2) is 18.4 Å². The molecular weight excluding hydrogens is 512 g/mol. The molecule has 2 atom stereocenters. The number of carbonyl (C=O) groups is 1. The molecule has 0 spiro atoms. The van der Waals surface area contributed by atoms with Crippen LogP contribution in [0, 0.1) is 6.92 Å². The van der Waals surface area contributed by atoms with Crippen molar-refractivity contribution in [2.75, 3.05) is 25.0 Å². The summed E-state index contributed by atoms with van der Waals surface area (Å²) in [6.45, 7) is 3.65. The largest absolute Gasteiger partial charge is 0.480 e. The van der Waals surface area contributed by atoms with Crippen molar-refractivity contribution >= 4 is 38.8 Å². The zero-order chi connectivity index (χ0) is 27.1. The van der Waals surface area contributed by atoms with E-state index in [1.54, 1.807) is 25.1 Å². The number of aromatic nitrogens is 3. The number of rotatable bonds is 12. The van der Waals surface area contributed by atoms with Crippen molar-refractivity contribution in [1.29, 1.82) is 0 Å². The van der Waals surface area contributed by atoms with E-state index in [0.29, 0.717) is 48.0 Å². The number of fused-ring (bicyclic) bond motifs is 1. The van der Waals surface area contributed by atoms with Gasteiger partial charge in [-0.3, -0.25) is 9.79 Å². The van der Waals surface area contributed by atoms with E-state index in [1.165, 1.54) is 12.1 Å². The summed E-state index contributed by atoms with van der Waals surface area (Å²) in [4.78, 5) is 25.0. The Kier molecular flexibility index (Phi) is 8.76. The van der Waals surface area contributed by atoms with Crippen molar-refractivity contribution in [2.45, 2.75) is 49.9 Å². The number of hydrogen-bond donors (Lipinski definition) is 6. The van der Waals surface area contributed by atoms with Crippen LogP contribution in [0.4, 0.5) is 5.82 Å². The number of sulfonamides is 1. The SMILES string of the molecule is Cc1nc(NC[C@H](NS(=O)(=O)c2ccccc2)C(=O)O)c2ccn(CCCC(O)NC3=NCCCN3)c2n1. The van der Waals surface area contributed by atoms with Gasteiger partial charge in [0.15, 0.2) is 5.96 Å². The van der Waals surface area contributed by atoms with Crippen LogP contribution in [0.1, 0.15) is 25.1 Å². The monoisotopic (exact) mass is 544 g/mol. The van der Waals surface area contributed by atoms with E-state index in [-0.39, 0.29) is 11.4 Å². The standard InChI is InChI=1S/C24H32N8O5S/c1-16-28-21(27-15-19(23(34)35)31-38(36,37)17-7-3-2-4-8-17)18-10-14-32(22(18)29-16)13-5-9-20(33)30-24-25-11-6-12-26-24/h2-4,7-8,10,14,19-20,31,33H,5-6,9,11-13,15H2,1H3,(H,34,35)(H2,25,26,30)(H,27,28,29)/t19-,20?/m0/s1. The summed E-state index contributed by atoms with van der Waals surface area (Å²) in [6.07, 6.45) is 3.25. The Hall–Kier alpha value is -3.75. The number of hydrogen-bond acceptors (Lipinski definition) is 10. The molecule has 0 bridgehead atoms. The summed E-state index contributed by atoms with van der Waals surface area (Å²) in [5.41, 5.74) is 0.650. The molecule has 1 aliphatic rings. The molecule has 3 heterocycles. The van der Waals surface area contributed by atoms with Crippen molar-refractivity contribution in [1.82, 2.24) is 29.9 Å². The molecule has 1 aromatic carbocycles. The molecule has 6 N–H and O–H groups in total. The average Bonchev–Trinajstić information content (AvgIpc) is 3.30. The van der Waals surface area contributed by atoms with Crippen molar-refractivity contribution < 1.29 is 23.4 Å². The molecule has 0 saturated heterocycles. The Morgan fingerprint density at radius 1 is 1.21 bits per heavy atom. The number of nitrogens with one attached hydrogen (secondary N) is 4. The fraction of sp³-hybridized carbons (Fsp3) is 0.417. The van der Waals surface area contributed by atoms with Gasteiger partial charge < -0.3 is 30.7 Å². The zero-order valence-corrected chi connectivity index (χ0v) is 21.8. The molecule has 1 unspecified atom stereocenters. The second kappa shape index (κ2) is 12.2. The van der Waals surface area contributed by atoms with Crippen LogP contribution >= 0.6 is 0 Å². The van der Waals surface area contributed by atoms with Crippen LogP contribution < -0.4 is 20.7 Å². The van der Waals surface area contributed by atoms with Gasteiger partial charge in [0, 0.05) is 32.4 Å². The summed E-state index contributed by atoms with van der Waals surface area (Å²) in [7, 11) is -4.03. The van der Waals surface area contributed by atoms with E-state index in [4.69, 9.17) is 0 Å². The van der Waals surface area contributed by atoms with Gasteiger partial charge in [-0.15, -0.1) is 0 Å². The van der Waals surface area contributed by atoms with Crippen LogP contribution in [-0.2, 0) is 21.4 Å². The lowest BCUT2D eigenvalue weighted by Gasteiger charge is -2.20. The average molecular weight is 545 g/mol. The van der Waals surface area contributed by atoms with Crippen molar-refractivity contribution in [3.63, 3.8) is 0 Å². The minimum Gasteiger partial charge on any atom is -0.480 e. The van der Waals surface area contributed by atoms with Gasteiger partial charge in [0.05, 0.1) is 10.3 Å². The minimum absolute atomic E-state index is 0.0214. The van der Waals surface area contributed by atoms with E-state index < -0.39 is 28.3 Å². The molecule has 0 saturated carbocycles. The first-order chi connectivity index (χ1) is 18.2. The highest BCUT2D eigenvalue weighted by Gasteiger charge is 2.26. The molecule has 4 rings (SSSR count). The molecule has 0 fully saturated rings. The Morgan fingerprint density at radius 3 is 2.71 bits per heavy atom. The first-order valence-electron chi connectivity index (χ1n) is 12.3. The van der Waals surface area contributed by atoms with Gasteiger partial charge in [-0.05, 0) is 44.4 Å². The fourth-order valence-electron chi connectivity index (χ4n) is 4.04. The Bertz CT molecular complexity index is 1390. The maximum atomic E-state index is 12.6. The van der Waals surface area contributed by atoms with Crippen molar-refractivity contribution in [2.24, 2.45) is 4.99 Å². The van der Waals surface area contributed by atoms with Gasteiger partial charge in [0.1, 0.15) is 29.6 Å². The van der Waals surface area contributed by atoms with Crippen LogP contribution in [0.3, 0.4) is 0 Å². The molecule has 0 radical (unpaired) electrons. The maximum absolute atomic E-state index is 12.6. The third kappa shape index (κ3) is 6.96. The van der Waals surface area contributed by atoms with E-state index in [2.05, 4.69) is 35.6 Å². The van der Waals surface area contributed by atoms with E-state index in [9.17, 15) is 23.4 Å². The van der Waals surface area contributed by atoms with Crippen LogP contribution in [0.15, 0.2) is 52.5 Å². The molecule has 13 nitrogen and oxygen atoms in total. The molecule has 1 aliphatic heterocycles. The summed E-state index contributed by atoms with van der Waals surface area (Å²) in [5.74, 6) is 0.164. The highest BCUT2D eigenvalue weighted by molar-refractivity contribution is 7.89. The summed E-state index contributed by atoms with van der Waals surface area (Å²) >= 11 is 0. The number of benzene rings is 1. The zero-order valence-electron chi connectivity index (χ0n) is 21.0. The van der Waals surface area contributed by atoms with Gasteiger partial charge in [0.25, 0.3) is 0 Å². The number of aliphatic carboxylic acids is 1. The summed E-state index contributed by atoms with van der Waals surface area (Å²) in [6, 6.07) is 7.98. The lowest BCUT2D eigenvalue weighted by atomic mass is 10.2. The Labute approximate surface area is 220 Å². The molecule has 2 aromatic heterocycles. The normalized spacial score (nSPS) is 15.4. The van der Waals surface area contributed by atoms with E-state index in [0.717, 1.165) is 19.5 Å². The van der Waals surface area contributed by atoms with Crippen LogP contribution in [-0.4, -0.2) is 77.0 Å². The molecule has 3 aromatic rings. The van der Waals surface area contributed by atoms with Gasteiger partial charge in [-0.1, -0.05) is 18.2 Å². The number of aliphatic imine (C=N–C) groups is 1. The van der Waals surface area contributed by atoms with Gasteiger partial charge in [0.2, 0.25) is 10.0 Å². The predicted molar refractivity (Wildman–Crippen MR) is 142 cm³/mol. The quantitative estimate of drug-likeness (QED) is 0.177. The molecular formula is C24H32N8O5S. The second-order valence-corrected chi connectivity index (χ2v) is 10.6. The number of carboxylic acid groups (broad SMARTS) is 1. The number of aryl methyl sites for hydroxylation is 2. The Balaban J connectivity index is 1.40. The topological polar surface area (TPSA) is 183 Å². The number of aliphatic hydroxyl groups excluding tert-OH is 1.